The molecule has 1 heterocycles. The van der Waals surface area contributed by atoms with Crippen molar-refractivity contribution in [3.63, 3.8) is 0 Å². The molecule has 1 N–H and O–H groups in total. The molecule has 3 aromatic rings. The van der Waals surface area contributed by atoms with Gasteiger partial charge in [0.2, 0.25) is 5.91 Å². The molecular weight excluding hydrogens is 465 g/mol. The zero-order chi connectivity index (χ0) is 19.6. The summed E-state index contributed by atoms with van der Waals surface area (Å²) in [5.74, 6) is 0.0582. The van der Waals surface area contributed by atoms with Crippen molar-refractivity contribution in [2.45, 2.75) is 11.3 Å². The van der Waals surface area contributed by atoms with Crippen LogP contribution < -0.4 is 5.32 Å². The number of thioether (sulfide) groups is 1. The van der Waals surface area contributed by atoms with Gasteiger partial charge in [-0.05, 0) is 55.0 Å². The van der Waals surface area contributed by atoms with Crippen LogP contribution in [0.4, 0.5) is 5.69 Å². The molecule has 4 nitrogen and oxygen atoms in total. The van der Waals surface area contributed by atoms with E-state index in [1.165, 1.54) is 23.1 Å². The van der Waals surface area contributed by atoms with Crippen LogP contribution in [0.5, 0.6) is 0 Å². The van der Waals surface area contributed by atoms with E-state index in [1.807, 2.05) is 13.0 Å². The van der Waals surface area contributed by atoms with Gasteiger partial charge in [-0.1, -0.05) is 64.0 Å². The molecule has 1 amide bonds. The lowest BCUT2D eigenvalue weighted by Crippen LogP contribution is -2.14. The number of nitrogens with zero attached hydrogens (tertiary/aromatic N) is 2. The molecule has 3 rings (SSSR count). The molecule has 0 bridgehead atoms. The summed E-state index contributed by atoms with van der Waals surface area (Å²) in [6, 6.07) is 10.6. The molecule has 10 heteroatoms. The van der Waals surface area contributed by atoms with Crippen molar-refractivity contribution in [3.8, 4) is 5.69 Å². The van der Waals surface area contributed by atoms with E-state index in [-0.39, 0.29) is 11.7 Å². The number of carbonyl (C=O) groups excluding carboxylic acids is 1. The summed E-state index contributed by atoms with van der Waals surface area (Å²) in [7, 11) is 0. The Balaban J connectivity index is 1.68. The molecule has 0 aliphatic heterocycles. The minimum Gasteiger partial charge on any atom is -0.325 e. The predicted octanol–water partition coefficient (Wildman–Crippen LogP) is 6.66. The Morgan fingerprint density at radius 1 is 1.22 bits per heavy atom. The van der Waals surface area contributed by atoms with Crippen molar-refractivity contribution in [2.24, 2.45) is 0 Å². The molecule has 0 radical (unpaired) electrons. The fourth-order valence-corrected chi connectivity index (χ4v) is 4.78. The van der Waals surface area contributed by atoms with Crippen molar-refractivity contribution < 1.29 is 4.79 Å². The Labute approximate surface area is 184 Å². The lowest BCUT2D eigenvalue weighted by Gasteiger charge is -2.08. The smallest absolute Gasteiger partial charge is 0.234 e. The molecular formula is C17H12Cl3N3OS3. The highest BCUT2D eigenvalue weighted by molar-refractivity contribution is 8.01. The van der Waals surface area contributed by atoms with Crippen LogP contribution in [0.15, 0.2) is 40.7 Å². The quantitative estimate of drug-likeness (QED) is 0.330. The van der Waals surface area contributed by atoms with Crippen molar-refractivity contribution in [2.75, 3.05) is 11.1 Å². The maximum absolute atomic E-state index is 12.2. The lowest BCUT2D eigenvalue weighted by atomic mass is 10.2. The topological polar surface area (TPSA) is 46.9 Å². The van der Waals surface area contributed by atoms with Gasteiger partial charge in [0.1, 0.15) is 0 Å². The van der Waals surface area contributed by atoms with E-state index in [1.54, 1.807) is 35.0 Å². The van der Waals surface area contributed by atoms with Crippen molar-refractivity contribution in [1.29, 1.82) is 0 Å². The Hall–Kier alpha value is -1.09. The first kappa shape index (κ1) is 20.6. The molecule has 1 aromatic heterocycles. The van der Waals surface area contributed by atoms with Crippen LogP contribution >= 0.6 is 70.1 Å². The van der Waals surface area contributed by atoms with Gasteiger partial charge in [-0.25, -0.2) is 4.68 Å². The van der Waals surface area contributed by atoms with Gasteiger partial charge >= 0.3 is 0 Å². The van der Waals surface area contributed by atoms with Gasteiger partial charge in [-0.2, -0.15) is 0 Å². The van der Waals surface area contributed by atoms with Crippen LogP contribution in [0, 0.1) is 10.9 Å². The van der Waals surface area contributed by atoms with Crippen molar-refractivity contribution >= 4 is 81.7 Å². The van der Waals surface area contributed by atoms with Gasteiger partial charge < -0.3 is 5.32 Å². The number of hydrogen-bond donors (Lipinski definition) is 1. The standard InChI is InChI=1S/C17H12Cl3N3OS3/c1-9-11(18)3-2-4-14(9)21-15(24)8-26-16-22-23(17(25)27-16)10-5-6-12(19)13(20)7-10/h2-7H,8H2,1H3,(H,21,24). The average molecular weight is 477 g/mol. The Bertz CT molecular complexity index is 1070. The number of amides is 1. The second-order valence-electron chi connectivity index (χ2n) is 5.39. The molecule has 140 valence electrons. The first-order valence-corrected chi connectivity index (χ1v) is 10.9. The highest BCUT2D eigenvalue weighted by Crippen LogP contribution is 2.28. The third-order valence-corrected chi connectivity index (χ3v) is 7.06. The van der Waals surface area contributed by atoms with E-state index < -0.39 is 0 Å². The SMILES string of the molecule is Cc1c(Cl)cccc1NC(=O)CSc1nn(-c2ccc(Cl)c(Cl)c2)c(=S)s1. The van der Waals surface area contributed by atoms with E-state index in [0.717, 1.165) is 11.3 Å². The number of carbonyl (C=O) groups is 1. The maximum Gasteiger partial charge on any atom is 0.234 e. The van der Waals surface area contributed by atoms with Crippen LogP contribution in [0.3, 0.4) is 0 Å². The molecule has 0 fully saturated rings. The number of nitrogens with one attached hydrogen (secondary N) is 1. The monoisotopic (exact) mass is 475 g/mol. The van der Waals surface area contributed by atoms with E-state index in [9.17, 15) is 4.79 Å². The summed E-state index contributed by atoms with van der Waals surface area (Å²) >= 11 is 26.1. The maximum atomic E-state index is 12.2. The lowest BCUT2D eigenvalue weighted by molar-refractivity contribution is -0.113. The van der Waals surface area contributed by atoms with Crippen LogP contribution in [0.1, 0.15) is 5.56 Å². The average Bonchev–Trinajstić information content (AvgIpc) is 3.00. The number of benzene rings is 2. The summed E-state index contributed by atoms with van der Waals surface area (Å²) in [5.41, 5.74) is 2.25. The molecule has 27 heavy (non-hydrogen) atoms. The van der Waals surface area contributed by atoms with Crippen molar-refractivity contribution in [3.05, 3.63) is 61.0 Å². The number of halogens is 3. The van der Waals surface area contributed by atoms with Gasteiger partial charge in [0.15, 0.2) is 8.29 Å². The van der Waals surface area contributed by atoms with Gasteiger partial charge in [0.25, 0.3) is 0 Å². The fourth-order valence-electron chi connectivity index (χ4n) is 2.16. The summed E-state index contributed by atoms with van der Waals surface area (Å²) < 4.78 is 2.84. The van der Waals surface area contributed by atoms with E-state index in [0.29, 0.717) is 29.0 Å². The van der Waals surface area contributed by atoms with Crippen LogP contribution in [-0.2, 0) is 4.79 Å². The normalized spacial score (nSPS) is 10.8. The minimum atomic E-state index is -0.146. The van der Waals surface area contributed by atoms with Gasteiger partial charge in [0, 0.05) is 10.7 Å². The van der Waals surface area contributed by atoms with Gasteiger partial charge in [0.05, 0.1) is 21.5 Å². The predicted molar refractivity (Wildman–Crippen MR) is 118 cm³/mol. The fraction of sp³-hybridized carbons (Fsp3) is 0.118. The molecule has 0 atom stereocenters. The summed E-state index contributed by atoms with van der Waals surface area (Å²) in [4.78, 5) is 12.2. The Morgan fingerprint density at radius 3 is 2.74 bits per heavy atom. The number of aromatic nitrogens is 2. The van der Waals surface area contributed by atoms with Gasteiger partial charge in [-0.3, -0.25) is 4.79 Å². The van der Waals surface area contributed by atoms with Crippen LogP contribution in [0.2, 0.25) is 15.1 Å². The number of hydrogen-bond acceptors (Lipinski definition) is 5. The Kier molecular flexibility index (Phi) is 6.83. The first-order valence-electron chi connectivity index (χ1n) is 7.58. The first-order chi connectivity index (χ1) is 12.8. The van der Waals surface area contributed by atoms with Crippen LogP contribution in [0.25, 0.3) is 5.69 Å². The molecule has 0 saturated heterocycles. The van der Waals surface area contributed by atoms with E-state index >= 15 is 0 Å². The third-order valence-electron chi connectivity index (χ3n) is 3.55. The highest BCUT2D eigenvalue weighted by atomic mass is 35.5. The summed E-state index contributed by atoms with van der Waals surface area (Å²) in [6.45, 7) is 1.86. The second-order valence-corrected chi connectivity index (χ2v) is 9.46. The largest absolute Gasteiger partial charge is 0.325 e. The Morgan fingerprint density at radius 2 is 2.00 bits per heavy atom. The van der Waals surface area contributed by atoms with Crippen molar-refractivity contribution in [1.82, 2.24) is 9.78 Å². The molecule has 0 aliphatic rings. The highest BCUT2D eigenvalue weighted by Gasteiger charge is 2.12. The molecule has 2 aromatic carbocycles. The number of rotatable bonds is 5. The second kappa shape index (κ2) is 8.94. The van der Waals surface area contributed by atoms with Gasteiger partial charge in [-0.15, -0.1) is 5.10 Å². The molecule has 0 aliphatic carbocycles. The third kappa shape index (κ3) is 5.04. The molecule has 0 unspecified atom stereocenters. The van der Waals surface area contributed by atoms with Crippen LogP contribution in [-0.4, -0.2) is 21.4 Å². The molecule has 0 spiro atoms. The zero-order valence-corrected chi connectivity index (χ0v) is 18.5. The van der Waals surface area contributed by atoms with E-state index in [4.69, 9.17) is 47.0 Å². The summed E-state index contributed by atoms with van der Waals surface area (Å²) in [6.07, 6.45) is 0. The summed E-state index contributed by atoms with van der Waals surface area (Å²) in [5, 5.41) is 8.81. The molecule has 0 saturated carbocycles. The number of anilines is 1. The van der Waals surface area contributed by atoms with E-state index in [2.05, 4.69) is 10.4 Å². The zero-order valence-electron chi connectivity index (χ0n) is 13.8. The minimum absolute atomic E-state index is 0.146.